The van der Waals surface area contributed by atoms with Gasteiger partial charge in [-0.15, -0.1) is 5.10 Å². The molecule has 2 aliphatic heterocycles. The third-order valence-corrected chi connectivity index (χ3v) is 12.2. The molecule has 1 amide bonds. The molecular weight excluding hydrogens is 615 g/mol. The maximum atomic E-state index is 13.8. The van der Waals surface area contributed by atoms with Crippen LogP contribution in [-0.2, 0) is 11.3 Å². The molecule has 48 heavy (non-hydrogen) atoms. The molecule has 3 heterocycles. The zero-order valence-corrected chi connectivity index (χ0v) is 28.4. The topological polar surface area (TPSA) is 73.8 Å². The van der Waals surface area contributed by atoms with Crippen molar-refractivity contribution in [2.24, 2.45) is 32.1 Å². The molecule has 2 aliphatic carbocycles. The van der Waals surface area contributed by atoms with Gasteiger partial charge in [0, 0.05) is 17.5 Å². The SMILES string of the molecule is CC12CCC(C/C1=N\N=C1\S/C(=C\c3ccc(N4N=C(c5ccccc5)CC4c4ccccc4)cc3)C(=O)N1Cc1ccco1)C2(C)C. The Kier molecular flexibility index (Phi) is 7.71. The third kappa shape index (κ3) is 5.32. The van der Waals surface area contributed by atoms with Crippen molar-refractivity contribution in [3.8, 4) is 0 Å². The Hall–Kier alpha value is -4.69. The van der Waals surface area contributed by atoms with E-state index in [0.29, 0.717) is 28.3 Å². The second kappa shape index (κ2) is 12.1. The van der Waals surface area contributed by atoms with E-state index < -0.39 is 0 Å². The molecule has 242 valence electrons. The molecule has 0 N–H and O–H groups in total. The van der Waals surface area contributed by atoms with Crippen molar-refractivity contribution < 1.29 is 9.21 Å². The maximum absolute atomic E-state index is 13.8. The van der Waals surface area contributed by atoms with Crippen LogP contribution >= 0.6 is 11.8 Å². The number of carbonyl (C=O) groups is 1. The van der Waals surface area contributed by atoms with Crippen LogP contribution in [0.2, 0.25) is 0 Å². The molecule has 8 heteroatoms. The van der Waals surface area contributed by atoms with Gasteiger partial charge in [-0.05, 0) is 89.4 Å². The van der Waals surface area contributed by atoms with Crippen LogP contribution in [0.4, 0.5) is 5.69 Å². The van der Waals surface area contributed by atoms with Crippen molar-refractivity contribution in [1.29, 1.82) is 0 Å². The summed E-state index contributed by atoms with van der Waals surface area (Å²) < 4.78 is 5.62. The van der Waals surface area contributed by atoms with Crippen molar-refractivity contribution in [3.05, 3.63) is 131 Å². The number of hydrogen-bond acceptors (Lipinski definition) is 7. The molecule has 4 aromatic rings. The quantitative estimate of drug-likeness (QED) is 0.147. The van der Waals surface area contributed by atoms with Crippen molar-refractivity contribution in [1.82, 2.24) is 4.90 Å². The summed E-state index contributed by atoms with van der Waals surface area (Å²) in [4.78, 5) is 16.1. The lowest BCUT2D eigenvalue weighted by molar-refractivity contribution is -0.122. The van der Waals surface area contributed by atoms with Gasteiger partial charge in [-0.25, -0.2) is 0 Å². The molecule has 4 aliphatic rings. The summed E-state index contributed by atoms with van der Waals surface area (Å²) in [6.45, 7) is 7.37. The number of nitrogens with zero attached hydrogens (tertiary/aromatic N) is 5. The predicted molar refractivity (Wildman–Crippen MR) is 195 cm³/mol. The zero-order valence-electron chi connectivity index (χ0n) is 27.5. The summed E-state index contributed by atoms with van der Waals surface area (Å²) in [5, 5.41) is 17.4. The molecule has 3 unspecified atom stereocenters. The van der Waals surface area contributed by atoms with Crippen molar-refractivity contribution in [2.45, 2.75) is 59.0 Å². The minimum absolute atomic E-state index is 0.0437. The summed E-state index contributed by atoms with van der Waals surface area (Å²) in [7, 11) is 0. The van der Waals surface area contributed by atoms with Gasteiger partial charge in [0.2, 0.25) is 0 Å². The molecular formula is C40H39N5O2S. The summed E-state index contributed by atoms with van der Waals surface area (Å²) in [6.07, 6.45) is 7.76. The molecule has 8 rings (SSSR count). The van der Waals surface area contributed by atoms with Crippen LogP contribution < -0.4 is 5.01 Å². The van der Waals surface area contributed by atoms with Gasteiger partial charge in [0.05, 0.1) is 35.2 Å². The summed E-state index contributed by atoms with van der Waals surface area (Å²) in [5.74, 6) is 1.24. The zero-order chi connectivity index (χ0) is 32.9. The Bertz CT molecular complexity index is 1950. The smallest absolute Gasteiger partial charge is 0.267 e. The summed E-state index contributed by atoms with van der Waals surface area (Å²) >= 11 is 1.38. The van der Waals surface area contributed by atoms with Gasteiger partial charge in [0.15, 0.2) is 5.17 Å². The number of amides is 1. The highest BCUT2D eigenvalue weighted by molar-refractivity contribution is 8.18. The van der Waals surface area contributed by atoms with E-state index in [9.17, 15) is 4.79 Å². The van der Waals surface area contributed by atoms with Gasteiger partial charge in [0.25, 0.3) is 5.91 Å². The number of carbonyl (C=O) groups excluding carboxylic acids is 1. The van der Waals surface area contributed by atoms with Crippen LogP contribution in [0, 0.1) is 16.7 Å². The Labute approximate surface area is 286 Å². The average molecular weight is 654 g/mol. The lowest BCUT2D eigenvalue weighted by Crippen LogP contribution is -2.32. The lowest BCUT2D eigenvalue weighted by Gasteiger charge is -2.34. The highest BCUT2D eigenvalue weighted by Crippen LogP contribution is 2.64. The second-order valence-electron chi connectivity index (χ2n) is 14.0. The van der Waals surface area contributed by atoms with E-state index in [1.807, 2.05) is 30.3 Å². The van der Waals surface area contributed by atoms with Crippen LogP contribution in [0.3, 0.4) is 0 Å². The van der Waals surface area contributed by atoms with Gasteiger partial charge in [0.1, 0.15) is 5.76 Å². The van der Waals surface area contributed by atoms with Gasteiger partial charge in [-0.2, -0.15) is 10.2 Å². The average Bonchev–Trinajstić information content (AvgIpc) is 3.92. The van der Waals surface area contributed by atoms with Crippen LogP contribution in [0.1, 0.15) is 74.9 Å². The molecule has 1 saturated heterocycles. The number of benzene rings is 3. The number of hydrogen-bond donors (Lipinski definition) is 0. The predicted octanol–water partition coefficient (Wildman–Crippen LogP) is 9.31. The van der Waals surface area contributed by atoms with Crippen molar-refractivity contribution >= 4 is 46.0 Å². The number of thioether (sulfide) groups is 1. The lowest BCUT2D eigenvalue weighted by atomic mass is 9.70. The maximum Gasteiger partial charge on any atom is 0.267 e. The fraction of sp³-hybridized carbons (Fsp3) is 0.300. The number of amidine groups is 1. The Morgan fingerprint density at radius 1 is 0.917 bits per heavy atom. The minimum Gasteiger partial charge on any atom is -0.467 e. The molecule has 2 bridgehead atoms. The molecule has 1 aromatic heterocycles. The standard InChI is InChI=1S/C40H39N5O2S/c1-39(2)30-20-21-40(39,3)36(24-30)41-42-38-44(26-32-15-10-22-47-32)37(46)35(48-38)23-27-16-18-31(19-17-27)45-34(29-13-8-5-9-14-29)25-33(43-45)28-11-6-4-7-12-28/h4-19,22-23,30,34H,20-21,24-26H2,1-3H3/b35-23-,41-36+,42-38+. The largest absolute Gasteiger partial charge is 0.467 e. The Morgan fingerprint density at radius 2 is 1.67 bits per heavy atom. The number of hydrazone groups is 1. The van der Waals surface area contributed by atoms with Crippen LogP contribution in [0.5, 0.6) is 0 Å². The van der Waals surface area contributed by atoms with E-state index in [-0.39, 0.29) is 22.8 Å². The van der Waals surface area contributed by atoms with E-state index in [1.165, 1.54) is 23.7 Å². The number of furan rings is 1. The van der Waals surface area contributed by atoms with Crippen molar-refractivity contribution in [3.63, 3.8) is 0 Å². The van der Waals surface area contributed by atoms with Gasteiger partial charge >= 0.3 is 0 Å². The first-order valence-corrected chi connectivity index (χ1v) is 17.6. The molecule has 2 saturated carbocycles. The van der Waals surface area contributed by atoms with E-state index in [4.69, 9.17) is 19.7 Å². The highest BCUT2D eigenvalue weighted by Gasteiger charge is 2.60. The monoisotopic (exact) mass is 653 g/mol. The molecule has 7 nitrogen and oxygen atoms in total. The van der Waals surface area contributed by atoms with Gasteiger partial charge in [-0.1, -0.05) is 93.6 Å². The first kappa shape index (κ1) is 30.6. The molecule has 3 atom stereocenters. The van der Waals surface area contributed by atoms with E-state index >= 15 is 0 Å². The van der Waals surface area contributed by atoms with Crippen molar-refractivity contribution in [2.75, 3.05) is 5.01 Å². The normalized spacial score (nSPS) is 27.2. The molecule has 3 fully saturated rings. The van der Waals surface area contributed by atoms with E-state index in [2.05, 4.69) is 98.6 Å². The number of fused-ring (bicyclic) bond motifs is 2. The Balaban J connectivity index is 1.08. The first-order valence-electron chi connectivity index (χ1n) is 16.8. The number of rotatable bonds is 7. The van der Waals surface area contributed by atoms with E-state index in [1.54, 1.807) is 11.2 Å². The van der Waals surface area contributed by atoms with Crippen LogP contribution in [0.25, 0.3) is 6.08 Å². The molecule has 0 radical (unpaired) electrons. The number of anilines is 1. The van der Waals surface area contributed by atoms with Gasteiger partial charge < -0.3 is 4.42 Å². The molecule has 3 aromatic carbocycles. The fourth-order valence-corrected chi connectivity index (χ4v) is 8.75. The summed E-state index contributed by atoms with van der Waals surface area (Å²) in [6, 6.07) is 33.0. The summed E-state index contributed by atoms with van der Waals surface area (Å²) in [5.41, 5.74) is 6.78. The highest BCUT2D eigenvalue weighted by atomic mass is 32.2. The van der Waals surface area contributed by atoms with Crippen LogP contribution in [-0.4, -0.2) is 27.4 Å². The molecule has 0 spiro atoms. The fourth-order valence-electron chi connectivity index (χ4n) is 7.83. The minimum atomic E-state index is -0.0975. The Morgan fingerprint density at radius 3 is 2.33 bits per heavy atom. The van der Waals surface area contributed by atoms with Crippen LogP contribution in [0.15, 0.2) is 128 Å². The first-order chi connectivity index (χ1) is 23.3. The third-order valence-electron chi connectivity index (χ3n) is 11.2. The van der Waals surface area contributed by atoms with E-state index in [0.717, 1.165) is 47.5 Å². The second-order valence-corrected chi connectivity index (χ2v) is 15.0. The van der Waals surface area contributed by atoms with Gasteiger partial charge in [-0.3, -0.25) is 14.7 Å².